The Kier molecular flexibility index (Phi) is 4.81. The van der Waals surface area contributed by atoms with E-state index >= 15 is 0 Å². The maximum absolute atomic E-state index is 12.9. The molecule has 0 fully saturated rings. The van der Waals surface area contributed by atoms with Crippen LogP contribution in [0.2, 0.25) is 0 Å². The summed E-state index contributed by atoms with van der Waals surface area (Å²) in [6, 6.07) is 0. The molecule has 0 unspecified atom stereocenters. The lowest BCUT2D eigenvalue weighted by atomic mass is 10.1. The maximum atomic E-state index is 12.9. The molecule has 0 saturated heterocycles. The van der Waals surface area contributed by atoms with Gasteiger partial charge in [0.15, 0.2) is 11.5 Å². The summed E-state index contributed by atoms with van der Waals surface area (Å²) in [5, 5.41) is 0.323. The van der Waals surface area contributed by atoms with Crippen LogP contribution in [0.15, 0.2) is 9.59 Å². The van der Waals surface area contributed by atoms with Gasteiger partial charge in [0.05, 0.1) is 26.0 Å². The van der Waals surface area contributed by atoms with Gasteiger partial charge >= 0.3 is 0 Å². The first-order chi connectivity index (χ1) is 12.4. The van der Waals surface area contributed by atoms with Gasteiger partial charge in [-0.05, 0) is 0 Å². The Morgan fingerprint density at radius 1 is 0.808 bits per heavy atom. The van der Waals surface area contributed by atoms with Crippen molar-refractivity contribution in [2.45, 2.75) is 11.8 Å². The molecule has 0 aliphatic carbocycles. The molecule has 0 radical (unpaired) electrons. The van der Waals surface area contributed by atoms with Crippen LogP contribution in [-0.4, -0.2) is 33.3 Å². The van der Waals surface area contributed by atoms with E-state index in [2.05, 4.69) is 9.97 Å². The molecule has 0 bridgehead atoms. The standard InChI is InChI=1S/C16H16Cl2N4O4/c1-21-7(5-17)19-11-9(15(21)23)13(25-3)12-10(14(11)26-4)16(24)22(2)8(6-18)20-12/h5-6H2,1-4H3. The summed E-state index contributed by atoms with van der Waals surface area (Å²) >= 11 is 11.8. The second kappa shape index (κ2) is 6.77. The zero-order valence-corrected chi connectivity index (χ0v) is 16.1. The molecule has 8 nitrogen and oxygen atoms in total. The van der Waals surface area contributed by atoms with E-state index in [1.807, 2.05) is 0 Å². The fraction of sp³-hybridized carbons (Fsp3) is 0.375. The summed E-state index contributed by atoms with van der Waals surface area (Å²) in [7, 11) is 5.92. The van der Waals surface area contributed by atoms with E-state index in [1.54, 1.807) is 14.1 Å². The number of hydrogen-bond acceptors (Lipinski definition) is 6. The summed E-state index contributed by atoms with van der Waals surface area (Å²) in [4.78, 5) is 34.6. The van der Waals surface area contributed by atoms with E-state index in [1.165, 1.54) is 23.4 Å². The van der Waals surface area contributed by atoms with Crippen molar-refractivity contribution in [2.24, 2.45) is 14.1 Å². The number of benzene rings is 1. The highest BCUT2D eigenvalue weighted by Gasteiger charge is 2.25. The van der Waals surface area contributed by atoms with Crippen LogP contribution >= 0.6 is 23.2 Å². The minimum absolute atomic E-state index is 0.0205. The highest BCUT2D eigenvalue weighted by Crippen LogP contribution is 2.38. The van der Waals surface area contributed by atoms with Gasteiger partial charge in [-0.25, -0.2) is 9.97 Å². The molecule has 3 rings (SSSR count). The molecule has 1 aromatic carbocycles. The lowest BCUT2D eigenvalue weighted by molar-refractivity contribution is 0.414. The zero-order valence-electron chi connectivity index (χ0n) is 14.6. The Morgan fingerprint density at radius 2 is 1.15 bits per heavy atom. The first kappa shape index (κ1) is 18.5. The van der Waals surface area contributed by atoms with Crippen LogP contribution in [0, 0.1) is 0 Å². The molecule has 10 heteroatoms. The first-order valence-corrected chi connectivity index (χ1v) is 8.63. The van der Waals surface area contributed by atoms with Crippen molar-refractivity contribution in [3.63, 3.8) is 0 Å². The van der Waals surface area contributed by atoms with E-state index in [4.69, 9.17) is 32.7 Å². The number of halogens is 2. The molecule has 26 heavy (non-hydrogen) atoms. The third-order valence-electron chi connectivity index (χ3n) is 4.30. The number of ether oxygens (including phenoxy) is 2. The highest BCUT2D eigenvalue weighted by atomic mass is 35.5. The van der Waals surface area contributed by atoms with Crippen LogP contribution in [0.4, 0.5) is 0 Å². The van der Waals surface area contributed by atoms with Crippen molar-refractivity contribution in [1.29, 1.82) is 0 Å². The minimum atomic E-state index is -0.377. The normalized spacial score (nSPS) is 11.3. The van der Waals surface area contributed by atoms with Gasteiger partial charge in [-0.1, -0.05) is 0 Å². The van der Waals surface area contributed by atoms with Crippen LogP contribution < -0.4 is 20.6 Å². The highest BCUT2D eigenvalue weighted by molar-refractivity contribution is 6.17. The molecule has 138 valence electrons. The summed E-state index contributed by atoms with van der Waals surface area (Å²) in [5.74, 6) is 1.01. The van der Waals surface area contributed by atoms with Crippen molar-refractivity contribution >= 4 is 45.0 Å². The molecule has 0 spiro atoms. The second-order valence-corrected chi connectivity index (χ2v) is 6.10. The molecule has 2 heterocycles. The Hall–Kier alpha value is -2.32. The quantitative estimate of drug-likeness (QED) is 0.490. The molecule has 0 atom stereocenters. The summed E-state index contributed by atoms with van der Waals surface area (Å²) in [6.07, 6.45) is 0. The van der Waals surface area contributed by atoms with Crippen LogP contribution in [0.5, 0.6) is 11.5 Å². The molecular formula is C16H16Cl2N4O4. The largest absolute Gasteiger partial charge is 0.494 e. The number of fused-ring (bicyclic) bond motifs is 2. The fourth-order valence-corrected chi connectivity index (χ4v) is 3.38. The molecule has 3 aromatic rings. The van der Waals surface area contributed by atoms with Gasteiger partial charge in [-0.15, -0.1) is 23.2 Å². The Bertz CT molecular complexity index is 1060. The predicted molar refractivity (Wildman–Crippen MR) is 99.7 cm³/mol. The Morgan fingerprint density at radius 3 is 1.42 bits per heavy atom. The predicted octanol–water partition coefficient (Wildman–Crippen LogP) is 1.68. The van der Waals surface area contributed by atoms with Gasteiger partial charge < -0.3 is 9.47 Å². The van der Waals surface area contributed by atoms with Crippen LogP contribution in [0.3, 0.4) is 0 Å². The number of aromatic nitrogens is 4. The van der Waals surface area contributed by atoms with Crippen LogP contribution in [0.25, 0.3) is 21.8 Å². The summed E-state index contributed by atoms with van der Waals surface area (Å²) in [6.45, 7) is 0. The van der Waals surface area contributed by atoms with Crippen LogP contribution in [-0.2, 0) is 25.9 Å². The van der Waals surface area contributed by atoms with Crippen molar-refractivity contribution in [2.75, 3.05) is 14.2 Å². The fourth-order valence-electron chi connectivity index (χ4n) is 2.90. The molecule has 0 aliphatic rings. The number of nitrogens with zero attached hydrogens (tertiary/aromatic N) is 4. The van der Waals surface area contributed by atoms with Gasteiger partial charge in [0, 0.05) is 14.1 Å². The average Bonchev–Trinajstić information content (AvgIpc) is 2.65. The van der Waals surface area contributed by atoms with Gasteiger partial charge in [0.25, 0.3) is 11.1 Å². The topological polar surface area (TPSA) is 88.2 Å². The van der Waals surface area contributed by atoms with E-state index in [-0.39, 0.29) is 56.2 Å². The molecule has 2 aromatic heterocycles. The van der Waals surface area contributed by atoms with Crippen molar-refractivity contribution in [3.05, 3.63) is 32.4 Å². The lowest BCUT2D eigenvalue weighted by Crippen LogP contribution is -2.25. The van der Waals surface area contributed by atoms with E-state index in [0.29, 0.717) is 11.6 Å². The molecule has 0 N–H and O–H groups in total. The van der Waals surface area contributed by atoms with Gasteiger partial charge in [-0.2, -0.15) is 0 Å². The second-order valence-electron chi connectivity index (χ2n) is 5.57. The van der Waals surface area contributed by atoms with Crippen LogP contribution in [0.1, 0.15) is 11.6 Å². The summed E-state index contributed by atoms with van der Waals surface area (Å²) in [5.41, 5.74) is -0.351. The molecule has 0 amide bonds. The molecule has 0 saturated carbocycles. The first-order valence-electron chi connectivity index (χ1n) is 7.56. The number of hydrogen-bond donors (Lipinski definition) is 0. The number of alkyl halides is 2. The third-order valence-corrected chi connectivity index (χ3v) is 4.78. The molecule has 0 aliphatic heterocycles. The Balaban J connectivity index is 2.75. The third kappa shape index (κ3) is 2.44. The minimum Gasteiger partial charge on any atom is -0.494 e. The number of rotatable bonds is 4. The smallest absolute Gasteiger partial charge is 0.265 e. The van der Waals surface area contributed by atoms with Gasteiger partial charge in [0.2, 0.25) is 0 Å². The molecular weight excluding hydrogens is 383 g/mol. The van der Waals surface area contributed by atoms with Crippen molar-refractivity contribution in [1.82, 2.24) is 19.1 Å². The monoisotopic (exact) mass is 398 g/mol. The SMILES string of the molecule is COc1c2nc(CCl)n(C)c(=O)c2c(OC)c2nc(CCl)n(C)c(=O)c12. The lowest BCUT2D eigenvalue weighted by Gasteiger charge is -2.16. The zero-order chi connectivity index (χ0) is 19.2. The summed E-state index contributed by atoms with van der Waals surface area (Å²) < 4.78 is 13.5. The van der Waals surface area contributed by atoms with E-state index in [9.17, 15) is 9.59 Å². The van der Waals surface area contributed by atoms with Gasteiger partial charge in [-0.3, -0.25) is 18.7 Å². The van der Waals surface area contributed by atoms with Crippen molar-refractivity contribution in [3.8, 4) is 11.5 Å². The van der Waals surface area contributed by atoms with E-state index < -0.39 is 0 Å². The van der Waals surface area contributed by atoms with Crippen molar-refractivity contribution < 1.29 is 9.47 Å². The number of methoxy groups -OCH3 is 2. The maximum Gasteiger partial charge on any atom is 0.265 e. The van der Waals surface area contributed by atoms with Gasteiger partial charge in [0.1, 0.15) is 33.5 Å². The average molecular weight is 399 g/mol. The van der Waals surface area contributed by atoms with E-state index in [0.717, 1.165) is 0 Å². The Labute approximate surface area is 157 Å².